The molecular weight excluding hydrogens is 244 g/mol. The Bertz CT molecular complexity index is 399. The summed E-state index contributed by atoms with van der Waals surface area (Å²) >= 11 is 5.33. The lowest BCUT2D eigenvalue weighted by molar-refractivity contribution is 0.380. The molecule has 1 fully saturated rings. The zero-order valence-corrected chi connectivity index (χ0v) is 11.2. The molecule has 0 aromatic carbocycles. The molecule has 1 aromatic rings. The first-order valence-electron chi connectivity index (χ1n) is 6.11. The highest BCUT2D eigenvalue weighted by molar-refractivity contribution is 7.80. The third-order valence-corrected chi connectivity index (χ3v) is 3.34. The Labute approximate surface area is 113 Å². The summed E-state index contributed by atoms with van der Waals surface area (Å²) in [7, 11) is 0. The Morgan fingerprint density at radius 2 is 2.17 bits per heavy atom. The highest BCUT2D eigenvalue weighted by atomic mass is 32.1. The van der Waals surface area contributed by atoms with Crippen molar-refractivity contribution in [2.24, 2.45) is 0 Å². The number of thiocarbonyl (C=S) groups is 1. The molecule has 0 saturated carbocycles. The number of nitrogens with zero attached hydrogens (tertiary/aromatic N) is 3. The van der Waals surface area contributed by atoms with Crippen LogP contribution in [0.5, 0.6) is 0 Å². The van der Waals surface area contributed by atoms with Crippen molar-refractivity contribution in [3.63, 3.8) is 0 Å². The van der Waals surface area contributed by atoms with Gasteiger partial charge in [0, 0.05) is 38.9 Å². The molecule has 1 aromatic heterocycles. The van der Waals surface area contributed by atoms with Gasteiger partial charge in [-0.05, 0) is 24.4 Å². The van der Waals surface area contributed by atoms with Crippen LogP contribution in [0, 0.1) is 0 Å². The number of hydrogen-bond donors (Lipinski definition) is 1. The lowest BCUT2D eigenvalue weighted by atomic mass is 10.3. The minimum absolute atomic E-state index is 0.722. The molecule has 4 nitrogen and oxygen atoms in total. The Hall–Kier alpha value is -1.62. The smallest absolute Gasteiger partial charge is 0.169 e. The average molecular weight is 262 g/mol. The van der Waals surface area contributed by atoms with E-state index in [0.717, 1.165) is 43.7 Å². The molecule has 1 saturated heterocycles. The Morgan fingerprint density at radius 3 is 2.78 bits per heavy atom. The quantitative estimate of drug-likeness (QED) is 0.655. The molecular formula is C13H18N4S. The van der Waals surface area contributed by atoms with Crippen molar-refractivity contribution in [2.45, 2.75) is 0 Å². The molecule has 18 heavy (non-hydrogen) atoms. The third-order valence-electron chi connectivity index (χ3n) is 2.94. The summed E-state index contributed by atoms with van der Waals surface area (Å²) in [6.07, 6.45) is 3.65. The number of pyridine rings is 1. The van der Waals surface area contributed by atoms with E-state index in [4.69, 9.17) is 12.2 Å². The first-order chi connectivity index (χ1) is 8.81. The monoisotopic (exact) mass is 262 g/mol. The minimum atomic E-state index is 0.722. The van der Waals surface area contributed by atoms with Crippen molar-refractivity contribution in [2.75, 3.05) is 37.6 Å². The lowest BCUT2D eigenvalue weighted by Crippen LogP contribution is -2.51. The fourth-order valence-corrected chi connectivity index (χ4v) is 2.22. The predicted octanol–water partition coefficient (Wildman–Crippen LogP) is 1.26. The second kappa shape index (κ2) is 6.35. The summed E-state index contributed by atoms with van der Waals surface area (Å²) in [5, 5.41) is 3.98. The second-order valence-corrected chi connectivity index (χ2v) is 4.52. The Balaban J connectivity index is 1.84. The van der Waals surface area contributed by atoms with Crippen LogP contribution >= 0.6 is 12.2 Å². The van der Waals surface area contributed by atoms with E-state index < -0.39 is 0 Å². The van der Waals surface area contributed by atoms with Gasteiger partial charge in [0.15, 0.2) is 5.11 Å². The van der Waals surface area contributed by atoms with E-state index in [1.165, 1.54) is 0 Å². The van der Waals surface area contributed by atoms with Gasteiger partial charge in [-0.2, -0.15) is 0 Å². The molecule has 0 spiro atoms. The largest absolute Gasteiger partial charge is 0.359 e. The van der Waals surface area contributed by atoms with Gasteiger partial charge in [0.2, 0.25) is 0 Å². The normalized spacial score (nSPS) is 15.3. The molecule has 1 aliphatic heterocycles. The van der Waals surface area contributed by atoms with E-state index in [0.29, 0.717) is 0 Å². The van der Waals surface area contributed by atoms with Crippen LogP contribution < -0.4 is 10.2 Å². The highest BCUT2D eigenvalue weighted by Crippen LogP contribution is 2.12. The molecule has 0 amide bonds. The highest BCUT2D eigenvalue weighted by Gasteiger charge is 2.19. The molecule has 0 atom stereocenters. The number of piperazine rings is 1. The Morgan fingerprint density at radius 1 is 1.39 bits per heavy atom. The van der Waals surface area contributed by atoms with Crippen molar-refractivity contribution in [3.05, 3.63) is 37.1 Å². The number of hydrogen-bond acceptors (Lipinski definition) is 3. The van der Waals surface area contributed by atoms with E-state index in [1.807, 2.05) is 30.5 Å². The number of rotatable bonds is 3. The summed E-state index contributed by atoms with van der Waals surface area (Å²) in [5.41, 5.74) is 0. The van der Waals surface area contributed by atoms with Gasteiger partial charge in [-0.25, -0.2) is 4.98 Å². The summed E-state index contributed by atoms with van der Waals surface area (Å²) in [6, 6.07) is 6.00. The number of nitrogens with one attached hydrogen (secondary N) is 1. The van der Waals surface area contributed by atoms with Gasteiger partial charge in [-0.15, -0.1) is 6.58 Å². The first kappa shape index (κ1) is 12.8. The molecule has 0 radical (unpaired) electrons. The van der Waals surface area contributed by atoms with Gasteiger partial charge < -0.3 is 15.1 Å². The molecule has 5 heteroatoms. The fourth-order valence-electron chi connectivity index (χ4n) is 1.95. The van der Waals surface area contributed by atoms with E-state index in [2.05, 4.69) is 26.7 Å². The maximum Gasteiger partial charge on any atom is 0.169 e. The van der Waals surface area contributed by atoms with Gasteiger partial charge >= 0.3 is 0 Å². The number of aromatic nitrogens is 1. The van der Waals surface area contributed by atoms with Crippen LogP contribution in [0.15, 0.2) is 37.1 Å². The van der Waals surface area contributed by atoms with Crippen LogP contribution in [0.2, 0.25) is 0 Å². The molecule has 0 unspecified atom stereocenters. The zero-order valence-electron chi connectivity index (χ0n) is 10.4. The zero-order chi connectivity index (χ0) is 12.8. The van der Waals surface area contributed by atoms with Crippen molar-refractivity contribution in [1.82, 2.24) is 15.2 Å². The maximum atomic E-state index is 5.33. The van der Waals surface area contributed by atoms with Gasteiger partial charge in [0.05, 0.1) is 0 Å². The van der Waals surface area contributed by atoms with Crippen molar-refractivity contribution >= 4 is 23.1 Å². The average Bonchev–Trinajstić information content (AvgIpc) is 2.46. The second-order valence-electron chi connectivity index (χ2n) is 4.14. The predicted molar refractivity (Wildman–Crippen MR) is 78.8 cm³/mol. The van der Waals surface area contributed by atoms with Gasteiger partial charge in [0.25, 0.3) is 0 Å². The van der Waals surface area contributed by atoms with Crippen molar-refractivity contribution in [3.8, 4) is 0 Å². The third kappa shape index (κ3) is 3.20. The molecule has 0 bridgehead atoms. The fraction of sp³-hybridized carbons (Fsp3) is 0.385. The van der Waals surface area contributed by atoms with Crippen LogP contribution in [-0.4, -0.2) is 47.7 Å². The van der Waals surface area contributed by atoms with E-state index in [9.17, 15) is 0 Å². The van der Waals surface area contributed by atoms with Gasteiger partial charge in [-0.1, -0.05) is 12.1 Å². The van der Waals surface area contributed by atoms with Crippen LogP contribution in [0.25, 0.3) is 0 Å². The summed E-state index contributed by atoms with van der Waals surface area (Å²) in [4.78, 5) is 8.84. The van der Waals surface area contributed by atoms with Gasteiger partial charge in [0.1, 0.15) is 5.82 Å². The molecule has 2 heterocycles. The number of anilines is 1. The standard InChI is InChI=1S/C13H18N4S/c1-2-6-15-13(18)17-10-8-16(9-11-17)12-5-3-4-7-14-12/h2-5,7H,1,6,8-11H2,(H,15,18). The van der Waals surface area contributed by atoms with E-state index in [-0.39, 0.29) is 0 Å². The topological polar surface area (TPSA) is 31.4 Å². The maximum absolute atomic E-state index is 5.33. The SMILES string of the molecule is C=CCNC(=S)N1CCN(c2ccccn2)CC1. The van der Waals surface area contributed by atoms with Crippen molar-refractivity contribution < 1.29 is 0 Å². The first-order valence-corrected chi connectivity index (χ1v) is 6.52. The Kier molecular flexibility index (Phi) is 4.52. The molecule has 0 aliphatic carbocycles. The molecule has 1 aliphatic rings. The summed E-state index contributed by atoms with van der Waals surface area (Å²) < 4.78 is 0. The summed E-state index contributed by atoms with van der Waals surface area (Å²) in [5.74, 6) is 1.04. The molecule has 2 rings (SSSR count). The van der Waals surface area contributed by atoms with Crippen molar-refractivity contribution in [1.29, 1.82) is 0 Å². The molecule has 96 valence electrons. The molecule has 1 N–H and O–H groups in total. The van der Waals surface area contributed by atoms with Crippen LogP contribution in [0.1, 0.15) is 0 Å². The minimum Gasteiger partial charge on any atom is -0.359 e. The van der Waals surface area contributed by atoms with Gasteiger partial charge in [-0.3, -0.25) is 0 Å². The van der Waals surface area contributed by atoms with Crippen LogP contribution in [0.3, 0.4) is 0 Å². The van der Waals surface area contributed by atoms with Crippen LogP contribution in [-0.2, 0) is 0 Å². The van der Waals surface area contributed by atoms with E-state index in [1.54, 1.807) is 0 Å². The van der Waals surface area contributed by atoms with E-state index >= 15 is 0 Å². The summed E-state index contributed by atoms with van der Waals surface area (Å²) in [6.45, 7) is 8.16. The lowest BCUT2D eigenvalue weighted by Gasteiger charge is -2.36. The van der Waals surface area contributed by atoms with Crippen LogP contribution in [0.4, 0.5) is 5.82 Å².